The van der Waals surface area contributed by atoms with E-state index in [1.807, 2.05) is 0 Å². The molecule has 0 saturated heterocycles. The van der Waals surface area contributed by atoms with Gasteiger partial charge in [0.2, 0.25) is 9.84 Å². The highest BCUT2D eigenvalue weighted by Gasteiger charge is 2.20. The summed E-state index contributed by atoms with van der Waals surface area (Å²) in [7, 11) is -3.97. The molecule has 0 aliphatic carbocycles. The third kappa shape index (κ3) is 2.05. The van der Waals surface area contributed by atoms with E-state index in [0.717, 1.165) is 12.1 Å². The number of aromatic amines is 1. The van der Waals surface area contributed by atoms with Crippen molar-refractivity contribution in [1.82, 2.24) is 10.2 Å². The number of hydrogen-bond donors (Lipinski definition) is 1. The zero-order chi connectivity index (χ0) is 14.3. The number of sulfone groups is 1. The van der Waals surface area contributed by atoms with Gasteiger partial charge in [-0.25, -0.2) is 17.2 Å². The Hall–Kier alpha value is -2.28. The maximum atomic E-state index is 13.2. The van der Waals surface area contributed by atoms with E-state index in [9.17, 15) is 17.2 Å². The van der Waals surface area contributed by atoms with Crippen LogP contribution in [0, 0.1) is 11.6 Å². The molecule has 2 aromatic carbocycles. The minimum Gasteiger partial charge on any atom is -0.278 e. The number of benzene rings is 2. The summed E-state index contributed by atoms with van der Waals surface area (Å²) in [5, 5.41) is 7.08. The highest BCUT2D eigenvalue weighted by Crippen LogP contribution is 2.25. The van der Waals surface area contributed by atoms with Crippen LogP contribution in [-0.2, 0) is 9.84 Å². The molecule has 7 heteroatoms. The molecule has 3 aromatic rings. The first-order valence-corrected chi connectivity index (χ1v) is 7.09. The van der Waals surface area contributed by atoms with Crippen molar-refractivity contribution in [2.45, 2.75) is 9.79 Å². The Morgan fingerprint density at radius 1 is 0.950 bits per heavy atom. The number of halogens is 2. The summed E-state index contributed by atoms with van der Waals surface area (Å²) in [5.74, 6) is -1.87. The number of hydrogen-bond acceptors (Lipinski definition) is 3. The number of rotatable bonds is 2. The van der Waals surface area contributed by atoms with Crippen molar-refractivity contribution in [2.24, 2.45) is 0 Å². The molecule has 102 valence electrons. The molecule has 1 aromatic heterocycles. The molecular weight excluding hydrogens is 286 g/mol. The van der Waals surface area contributed by atoms with Gasteiger partial charge < -0.3 is 0 Å². The molecule has 0 fully saturated rings. The van der Waals surface area contributed by atoms with Crippen LogP contribution < -0.4 is 0 Å². The highest BCUT2D eigenvalue weighted by molar-refractivity contribution is 7.91. The molecule has 0 bridgehead atoms. The number of H-pyrrole nitrogens is 1. The normalized spacial score (nSPS) is 11.9. The fourth-order valence-corrected chi connectivity index (χ4v) is 3.24. The lowest BCUT2D eigenvalue weighted by Gasteiger charge is -2.05. The zero-order valence-corrected chi connectivity index (χ0v) is 10.8. The first-order chi connectivity index (χ1) is 9.46. The Bertz CT molecular complexity index is 883. The van der Waals surface area contributed by atoms with E-state index in [2.05, 4.69) is 10.2 Å². The Morgan fingerprint density at radius 2 is 1.65 bits per heavy atom. The third-order valence-electron chi connectivity index (χ3n) is 2.87. The van der Waals surface area contributed by atoms with Crippen LogP contribution in [0.1, 0.15) is 0 Å². The van der Waals surface area contributed by atoms with Gasteiger partial charge >= 0.3 is 0 Å². The molecule has 0 atom stereocenters. The van der Waals surface area contributed by atoms with Gasteiger partial charge in [0, 0.05) is 11.5 Å². The minimum absolute atomic E-state index is 0.0450. The molecule has 0 unspecified atom stereocenters. The maximum absolute atomic E-state index is 13.2. The van der Waals surface area contributed by atoms with E-state index >= 15 is 0 Å². The summed E-state index contributed by atoms with van der Waals surface area (Å²) in [4.78, 5) is -0.464. The van der Waals surface area contributed by atoms with Crippen LogP contribution in [0.25, 0.3) is 10.9 Å². The van der Waals surface area contributed by atoms with Gasteiger partial charge in [-0.2, -0.15) is 5.10 Å². The molecule has 0 spiro atoms. The van der Waals surface area contributed by atoms with Crippen LogP contribution in [0.15, 0.2) is 52.4 Å². The molecule has 0 saturated carbocycles. The monoisotopic (exact) mass is 294 g/mol. The number of nitrogens with one attached hydrogen (secondary N) is 1. The van der Waals surface area contributed by atoms with Crippen molar-refractivity contribution >= 4 is 20.7 Å². The molecule has 0 radical (unpaired) electrons. The van der Waals surface area contributed by atoms with Gasteiger partial charge in [-0.1, -0.05) is 0 Å². The Morgan fingerprint density at radius 3 is 2.35 bits per heavy atom. The van der Waals surface area contributed by atoms with Gasteiger partial charge in [0.1, 0.15) is 11.6 Å². The summed E-state index contributed by atoms with van der Waals surface area (Å²) in [6.45, 7) is 0. The Kier molecular flexibility index (Phi) is 2.79. The second kappa shape index (κ2) is 4.38. The largest absolute Gasteiger partial charge is 0.278 e. The SMILES string of the molecule is O=S(=O)(c1cc(F)cc(F)c1)c1ccc2[nH]ncc2c1. The van der Waals surface area contributed by atoms with Crippen LogP contribution in [0.5, 0.6) is 0 Å². The Labute approximate surface area is 113 Å². The molecule has 1 heterocycles. The van der Waals surface area contributed by atoms with Crippen molar-refractivity contribution in [1.29, 1.82) is 0 Å². The molecule has 1 N–H and O–H groups in total. The highest BCUT2D eigenvalue weighted by atomic mass is 32.2. The second-order valence-corrected chi connectivity index (χ2v) is 6.18. The van der Waals surface area contributed by atoms with Crippen molar-refractivity contribution in [3.8, 4) is 0 Å². The standard InChI is InChI=1S/C13H8F2N2O2S/c14-9-4-10(15)6-12(5-9)20(18,19)11-1-2-13-8(3-11)7-16-17-13/h1-7H,(H,16,17). The summed E-state index contributed by atoms with van der Waals surface area (Å²) in [6, 6.07) is 6.51. The molecule has 4 nitrogen and oxygen atoms in total. The lowest BCUT2D eigenvalue weighted by molar-refractivity contribution is 0.567. The number of aromatic nitrogens is 2. The van der Waals surface area contributed by atoms with Crippen LogP contribution in [0.4, 0.5) is 8.78 Å². The van der Waals surface area contributed by atoms with Crippen LogP contribution >= 0.6 is 0 Å². The quantitative estimate of drug-likeness (QED) is 0.790. The molecule has 0 aliphatic heterocycles. The third-order valence-corrected chi connectivity index (χ3v) is 4.60. The lowest BCUT2D eigenvalue weighted by Crippen LogP contribution is -2.03. The topological polar surface area (TPSA) is 62.8 Å². The van der Waals surface area contributed by atoms with Gasteiger partial charge in [0.05, 0.1) is 21.5 Å². The van der Waals surface area contributed by atoms with Crippen molar-refractivity contribution < 1.29 is 17.2 Å². The van der Waals surface area contributed by atoms with E-state index in [1.54, 1.807) is 6.07 Å². The predicted molar refractivity (Wildman–Crippen MR) is 67.9 cm³/mol. The smallest absolute Gasteiger partial charge is 0.206 e. The zero-order valence-electron chi connectivity index (χ0n) is 9.97. The van der Waals surface area contributed by atoms with Crippen LogP contribution in [0.2, 0.25) is 0 Å². The molecule has 20 heavy (non-hydrogen) atoms. The van der Waals surface area contributed by atoms with Crippen LogP contribution in [-0.4, -0.2) is 18.6 Å². The summed E-state index contributed by atoms with van der Waals surface area (Å²) in [6.07, 6.45) is 1.47. The minimum atomic E-state index is -3.97. The number of nitrogens with zero attached hydrogens (tertiary/aromatic N) is 1. The van der Waals surface area contributed by atoms with Crippen molar-refractivity contribution in [3.05, 3.63) is 54.2 Å². The van der Waals surface area contributed by atoms with Gasteiger partial charge in [-0.05, 0) is 30.3 Å². The maximum Gasteiger partial charge on any atom is 0.206 e. The average molecular weight is 294 g/mol. The lowest BCUT2D eigenvalue weighted by atomic mass is 10.3. The summed E-state index contributed by atoms with van der Waals surface area (Å²) >= 11 is 0. The van der Waals surface area contributed by atoms with Crippen LogP contribution in [0.3, 0.4) is 0 Å². The van der Waals surface area contributed by atoms with Gasteiger partial charge in [0.25, 0.3) is 0 Å². The van der Waals surface area contributed by atoms with E-state index in [4.69, 9.17) is 0 Å². The Balaban J connectivity index is 2.19. The first-order valence-electron chi connectivity index (χ1n) is 5.61. The van der Waals surface area contributed by atoms with E-state index in [1.165, 1.54) is 18.3 Å². The fraction of sp³-hybridized carbons (Fsp3) is 0. The summed E-state index contributed by atoms with van der Waals surface area (Å²) < 4.78 is 51.0. The predicted octanol–water partition coefficient (Wildman–Crippen LogP) is 2.67. The summed E-state index contributed by atoms with van der Waals surface area (Å²) in [5.41, 5.74) is 0.675. The van der Waals surface area contributed by atoms with Gasteiger partial charge in [-0.3, -0.25) is 5.10 Å². The van der Waals surface area contributed by atoms with Gasteiger partial charge in [0.15, 0.2) is 0 Å². The van der Waals surface area contributed by atoms with E-state index in [0.29, 0.717) is 17.0 Å². The van der Waals surface area contributed by atoms with Gasteiger partial charge in [-0.15, -0.1) is 0 Å². The van der Waals surface area contributed by atoms with E-state index < -0.39 is 26.4 Å². The molecule has 0 amide bonds. The van der Waals surface area contributed by atoms with Crippen molar-refractivity contribution in [2.75, 3.05) is 0 Å². The molecular formula is C13H8F2N2O2S. The van der Waals surface area contributed by atoms with Crippen molar-refractivity contribution in [3.63, 3.8) is 0 Å². The first kappa shape index (κ1) is 12.7. The second-order valence-electron chi connectivity index (χ2n) is 4.23. The fourth-order valence-electron chi connectivity index (χ4n) is 1.91. The number of fused-ring (bicyclic) bond motifs is 1. The van der Waals surface area contributed by atoms with E-state index in [-0.39, 0.29) is 4.90 Å². The molecule has 0 aliphatic rings. The molecule has 3 rings (SSSR count). The average Bonchev–Trinajstić information content (AvgIpc) is 2.84.